The number of aromatic nitrogens is 2. The Morgan fingerprint density at radius 1 is 1.09 bits per heavy atom. The van der Waals surface area contributed by atoms with Crippen molar-refractivity contribution in [1.29, 1.82) is 0 Å². The van der Waals surface area contributed by atoms with Crippen LogP contribution in [0.5, 0.6) is 0 Å². The molecule has 1 aromatic carbocycles. The highest BCUT2D eigenvalue weighted by Crippen LogP contribution is 2.19. The number of amides is 2. The lowest BCUT2D eigenvalue weighted by Gasteiger charge is -2.10. The molecular weight excluding hydrogens is 356 g/mol. The van der Waals surface area contributed by atoms with Crippen LogP contribution in [-0.4, -0.2) is 16.0 Å². The van der Waals surface area contributed by atoms with Crippen LogP contribution in [0.15, 0.2) is 47.1 Å². The molecule has 0 radical (unpaired) electrons. The third kappa shape index (κ3) is 3.65. The molecule has 0 aliphatic rings. The van der Waals surface area contributed by atoms with Crippen LogP contribution in [0.25, 0.3) is 11.0 Å². The highest BCUT2D eigenvalue weighted by molar-refractivity contribution is 9.10. The minimum Gasteiger partial charge on any atom is -0.307 e. The van der Waals surface area contributed by atoms with Crippen LogP contribution in [-0.2, 0) is 0 Å². The number of anilines is 2. The molecule has 0 saturated heterocycles. The Balaban J connectivity index is 1.76. The van der Waals surface area contributed by atoms with Crippen LogP contribution in [0, 0.1) is 13.8 Å². The molecule has 0 spiro atoms. The summed E-state index contributed by atoms with van der Waals surface area (Å²) in [5.41, 5.74) is 3.52. The van der Waals surface area contributed by atoms with E-state index >= 15 is 0 Å². The van der Waals surface area contributed by atoms with Gasteiger partial charge in [-0.15, -0.1) is 0 Å². The zero-order valence-corrected chi connectivity index (χ0v) is 14.3. The predicted octanol–water partition coefficient (Wildman–Crippen LogP) is 4.65. The van der Waals surface area contributed by atoms with Crippen molar-refractivity contribution in [1.82, 2.24) is 9.97 Å². The van der Waals surface area contributed by atoms with Gasteiger partial charge in [-0.2, -0.15) is 0 Å². The first-order chi connectivity index (χ1) is 11.0. The molecule has 0 fully saturated rings. The number of fused-ring (bicyclic) bond motifs is 1. The van der Waals surface area contributed by atoms with E-state index in [-0.39, 0.29) is 6.03 Å². The first kappa shape index (κ1) is 15.4. The molecule has 5 nitrogen and oxygen atoms in total. The molecule has 6 heteroatoms. The molecule has 3 rings (SSSR count). The van der Waals surface area contributed by atoms with Gasteiger partial charge >= 0.3 is 6.03 Å². The van der Waals surface area contributed by atoms with Gasteiger partial charge in [-0.3, -0.25) is 5.32 Å². The zero-order chi connectivity index (χ0) is 16.4. The van der Waals surface area contributed by atoms with Gasteiger partial charge in [0.1, 0.15) is 5.82 Å². The van der Waals surface area contributed by atoms with Crippen molar-refractivity contribution >= 4 is 44.5 Å². The van der Waals surface area contributed by atoms with Gasteiger partial charge in [-0.05, 0) is 59.6 Å². The monoisotopic (exact) mass is 370 g/mol. The Hall–Kier alpha value is -2.47. The summed E-state index contributed by atoms with van der Waals surface area (Å²) < 4.78 is 0.889. The summed E-state index contributed by atoms with van der Waals surface area (Å²) in [5.74, 6) is 0.453. The number of rotatable bonds is 2. The number of carbonyl (C=O) groups is 1. The van der Waals surface area contributed by atoms with E-state index in [0.717, 1.165) is 26.7 Å². The maximum absolute atomic E-state index is 12.1. The molecule has 0 bridgehead atoms. The van der Waals surface area contributed by atoms with Gasteiger partial charge < -0.3 is 5.32 Å². The molecule has 0 unspecified atom stereocenters. The average molecular weight is 371 g/mol. The summed E-state index contributed by atoms with van der Waals surface area (Å²) in [6.45, 7) is 3.97. The molecule has 116 valence electrons. The molecule has 2 N–H and O–H groups in total. The van der Waals surface area contributed by atoms with Crippen LogP contribution in [0.3, 0.4) is 0 Å². The van der Waals surface area contributed by atoms with E-state index in [1.807, 2.05) is 44.2 Å². The summed E-state index contributed by atoms with van der Waals surface area (Å²) in [4.78, 5) is 20.7. The molecule has 2 heterocycles. The molecule has 3 aromatic rings. The maximum Gasteiger partial charge on any atom is 0.324 e. The van der Waals surface area contributed by atoms with Crippen LogP contribution in [0.2, 0.25) is 0 Å². The normalized spacial score (nSPS) is 10.6. The van der Waals surface area contributed by atoms with Crippen molar-refractivity contribution in [3.63, 3.8) is 0 Å². The quantitative estimate of drug-likeness (QED) is 0.689. The lowest BCUT2D eigenvalue weighted by atomic mass is 10.1. The molecular formula is C17H15BrN4O. The fourth-order valence-electron chi connectivity index (χ4n) is 2.28. The standard InChI is InChI=1S/C17H15BrN4O/c1-10-3-5-14(11(2)7-10)20-17(23)22-15-6-4-12-8-13(18)9-19-16(12)21-15/h3-9H,1-2H3,(H2,19,20,21,22,23). The van der Waals surface area contributed by atoms with Crippen LogP contribution in [0.4, 0.5) is 16.3 Å². The number of pyridine rings is 2. The van der Waals surface area contributed by atoms with Crippen molar-refractivity contribution in [3.05, 3.63) is 58.2 Å². The van der Waals surface area contributed by atoms with E-state index in [9.17, 15) is 4.79 Å². The highest BCUT2D eigenvalue weighted by atomic mass is 79.9. The van der Waals surface area contributed by atoms with Gasteiger partial charge in [0.2, 0.25) is 0 Å². The number of hydrogen-bond donors (Lipinski definition) is 2. The Bertz CT molecular complexity index is 895. The lowest BCUT2D eigenvalue weighted by molar-refractivity contribution is 0.262. The van der Waals surface area contributed by atoms with E-state index in [0.29, 0.717) is 11.5 Å². The third-order valence-corrected chi connectivity index (χ3v) is 3.81. The Morgan fingerprint density at radius 3 is 2.70 bits per heavy atom. The van der Waals surface area contributed by atoms with Gasteiger partial charge in [0.25, 0.3) is 0 Å². The minimum atomic E-state index is -0.332. The van der Waals surface area contributed by atoms with E-state index in [1.54, 1.807) is 12.3 Å². The summed E-state index contributed by atoms with van der Waals surface area (Å²) in [6.07, 6.45) is 1.68. The van der Waals surface area contributed by atoms with E-state index in [4.69, 9.17) is 0 Å². The van der Waals surface area contributed by atoms with Gasteiger partial charge in [0.15, 0.2) is 5.65 Å². The van der Waals surface area contributed by atoms with Gasteiger partial charge in [-0.25, -0.2) is 14.8 Å². The third-order valence-electron chi connectivity index (χ3n) is 3.38. The number of nitrogens with one attached hydrogen (secondary N) is 2. The number of hydrogen-bond acceptors (Lipinski definition) is 3. The summed E-state index contributed by atoms with van der Waals surface area (Å²) in [6, 6.07) is 11.1. The molecule has 2 aromatic heterocycles. The largest absolute Gasteiger partial charge is 0.324 e. The smallest absolute Gasteiger partial charge is 0.307 e. The molecule has 0 atom stereocenters. The number of carbonyl (C=O) groups excluding carboxylic acids is 1. The average Bonchev–Trinajstić information content (AvgIpc) is 2.50. The number of nitrogens with zero attached hydrogens (tertiary/aromatic N) is 2. The second-order valence-electron chi connectivity index (χ2n) is 5.29. The minimum absolute atomic E-state index is 0.332. The second-order valence-corrected chi connectivity index (χ2v) is 6.21. The van der Waals surface area contributed by atoms with E-state index < -0.39 is 0 Å². The van der Waals surface area contributed by atoms with Crippen LogP contribution < -0.4 is 10.6 Å². The topological polar surface area (TPSA) is 66.9 Å². The number of halogens is 1. The van der Waals surface area contributed by atoms with Crippen molar-refractivity contribution in [2.75, 3.05) is 10.6 Å². The first-order valence-electron chi connectivity index (χ1n) is 7.09. The van der Waals surface area contributed by atoms with Crippen molar-refractivity contribution < 1.29 is 4.79 Å². The lowest BCUT2D eigenvalue weighted by Crippen LogP contribution is -2.20. The Morgan fingerprint density at radius 2 is 1.91 bits per heavy atom. The fraction of sp³-hybridized carbons (Fsp3) is 0.118. The van der Waals surface area contributed by atoms with Gasteiger partial charge in [0.05, 0.1) is 0 Å². The molecule has 0 aliphatic carbocycles. The van der Waals surface area contributed by atoms with Gasteiger partial charge in [-0.1, -0.05) is 17.7 Å². The first-order valence-corrected chi connectivity index (χ1v) is 7.88. The van der Waals surface area contributed by atoms with E-state index in [2.05, 4.69) is 36.5 Å². The van der Waals surface area contributed by atoms with Gasteiger partial charge in [0, 0.05) is 21.7 Å². The SMILES string of the molecule is Cc1ccc(NC(=O)Nc2ccc3cc(Br)cnc3n2)c(C)c1. The van der Waals surface area contributed by atoms with Crippen molar-refractivity contribution in [3.8, 4) is 0 Å². The summed E-state index contributed by atoms with van der Waals surface area (Å²) in [5, 5.41) is 6.45. The summed E-state index contributed by atoms with van der Waals surface area (Å²) >= 11 is 3.37. The van der Waals surface area contributed by atoms with Crippen molar-refractivity contribution in [2.45, 2.75) is 13.8 Å². The highest BCUT2D eigenvalue weighted by Gasteiger charge is 2.07. The van der Waals surface area contributed by atoms with Crippen LogP contribution in [0.1, 0.15) is 11.1 Å². The Labute approximate surface area is 142 Å². The number of urea groups is 1. The molecule has 0 saturated carbocycles. The fourth-order valence-corrected chi connectivity index (χ4v) is 2.63. The van der Waals surface area contributed by atoms with Crippen molar-refractivity contribution in [2.24, 2.45) is 0 Å². The Kier molecular flexibility index (Phi) is 4.25. The maximum atomic E-state index is 12.1. The zero-order valence-electron chi connectivity index (χ0n) is 12.7. The van der Waals surface area contributed by atoms with E-state index in [1.165, 1.54) is 0 Å². The number of benzene rings is 1. The predicted molar refractivity (Wildman–Crippen MR) is 95.8 cm³/mol. The summed E-state index contributed by atoms with van der Waals surface area (Å²) in [7, 11) is 0. The molecule has 23 heavy (non-hydrogen) atoms. The molecule has 0 aliphatic heterocycles. The van der Waals surface area contributed by atoms with Crippen LogP contribution >= 0.6 is 15.9 Å². The number of aryl methyl sites for hydroxylation is 2. The second kappa shape index (κ2) is 6.34. The molecule has 2 amide bonds.